The van der Waals surface area contributed by atoms with Crippen LogP contribution in [0.15, 0.2) is 60.8 Å². The summed E-state index contributed by atoms with van der Waals surface area (Å²) in [5, 5.41) is 6.86. The molecule has 2 N–H and O–H groups in total. The Bertz CT molecular complexity index is 927. The number of carbonyl (C=O) groups is 1. The van der Waals surface area contributed by atoms with E-state index in [0.29, 0.717) is 33.7 Å². The van der Waals surface area contributed by atoms with Gasteiger partial charge in [0, 0.05) is 0 Å². The Hall–Kier alpha value is -2.56. The van der Waals surface area contributed by atoms with Gasteiger partial charge in [-0.15, -0.1) is 0 Å². The molecule has 1 aromatic heterocycles. The molecule has 0 atom stereocenters. The lowest BCUT2D eigenvalue weighted by Crippen LogP contribution is -2.15. The number of halogens is 2. The molecule has 1 heterocycles. The molecule has 0 aliphatic rings. The fraction of sp³-hybridized carbons (Fsp3) is 0.100. The number of amides is 1. The van der Waals surface area contributed by atoms with Crippen LogP contribution in [0.3, 0.4) is 0 Å². The van der Waals surface area contributed by atoms with E-state index >= 15 is 0 Å². The molecule has 3 rings (SSSR count). The van der Waals surface area contributed by atoms with Crippen molar-refractivity contribution >= 4 is 46.3 Å². The molecule has 6 heteroatoms. The first-order valence-electron chi connectivity index (χ1n) is 8.04. The SMILES string of the molecule is Cc1ccccc1CC(=O)Nc1ccc(Nc2cccc(Cl)c2Cl)nc1. The van der Waals surface area contributed by atoms with Crippen LogP contribution < -0.4 is 10.6 Å². The molecular weight excluding hydrogens is 369 g/mol. The lowest BCUT2D eigenvalue weighted by atomic mass is 10.1. The molecular formula is C20H17Cl2N3O. The molecule has 4 nitrogen and oxygen atoms in total. The summed E-state index contributed by atoms with van der Waals surface area (Å²) in [6.07, 6.45) is 1.92. The maximum atomic E-state index is 12.2. The number of benzene rings is 2. The highest BCUT2D eigenvalue weighted by Gasteiger charge is 2.08. The van der Waals surface area contributed by atoms with Gasteiger partial charge in [0.1, 0.15) is 5.82 Å². The smallest absolute Gasteiger partial charge is 0.228 e. The quantitative estimate of drug-likeness (QED) is 0.598. The van der Waals surface area contributed by atoms with Gasteiger partial charge in [-0.3, -0.25) is 4.79 Å². The van der Waals surface area contributed by atoms with Crippen molar-refractivity contribution in [3.63, 3.8) is 0 Å². The standard InChI is InChI=1S/C20H17Cl2N3O/c1-13-5-2-3-6-14(13)11-19(26)24-15-9-10-18(23-12-15)25-17-8-4-7-16(21)20(17)22/h2-10,12H,11H2,1H3,(H,23,25)(H,24,26). The van der Waals surface area contributed by atoms with E-state index < -0.39 is 0 Å². The first-order chi connectivity index (χ1) is 12.5. The second-order valence-electron chi connectivity index (χ2n) is 5.81. The molecule has 0 aliphatic carbocycles. The number of nitrogens with zero attached hydrogens (tertiary/aromatic N) is 1. The van der Waals surface area contributed by atoms with Crippen LogP contribution in [0.25, 0.3) is 0 Å². The summed E-state index contributed by atoms with van der Waals surface area (Å²) in [4.78, 5) is 16.5. The molecule has 0 spiro atoms. The molecule has 2 aromatic carbocycles. The third kappa shape index (κ3) is 4.54. The van der Waals surface area contributed by atoms with Gasteiger partial charge in [-0.25, -0.2) is 4.98 Å². The van der Waals surface area contributed by atoms with Crippen LogP contribution in [-0.2, 0) is 11.2 Å². The van der Waals surface area contributed by atoms with Crippen molar-refractivity contribution in [2.45, 2.75) is 13.3 Å². The number of aromatic nitrogens is 1. The summed E-state index contributed by atoms with van der Waals surface area (Å²) in [7, 11) is 0. The number of hydrogen-bond acceptors (Lipinski definition) is 3. The van der Waals surface area contributed by atoms with E-state index in [9.17, 15) is 4.79 Å². The van der Waals surface area contributed by atoms with E-state index in [1.54, 1.807) is 30.5 Å². The van der Waals surface area contributed by atoms with E-state index in [2.05, 4.69) is 15.6 Å². The number of anilines is 3. The van der Waals surface area contributed by atoms with E-state index in [1.807, 2.05) is 37.3 Å². The van der Waals surface area contributed by atoms with Gasteiger partial charge in [-0.1, -0.05) is 53.5 Å². The lowest BCUT2D eigenvalue weighted by molar-refractivity contribution is -0.115. The van der Waals surface area contributed by atoms with Crippen LogP contribution in [-0.4, -0.2) is 10.9 Å². The van der Waals surface area contributed by atoms with Crippen LogP contribution in [0, 0.1) is 6.92 Å². The summed E-state index contributed by atoms with van der Waals surface area (Å²) in [5.41, 5.74) is 3.40. The Morgan fingerprint density at radius 3 is 2.58 bits per heavy atom. The molecule has 0 unspecified atom stereocenters. The summed E-state index contributed by atoms with van der Waals surface area (Å²) < 4.78 is 0. The fourth-order valence-electron chi connectivity index (χ4n) is 2.47. The van der Waals surface area contributed by atoms with Gasteiger partial charge in [-0.2, -0.15) is 0 Å². The van der Waals surface area contributed by atoms with Crippen molar-refractivity contribution in [3.05, 3.63) is 82.0 Å². The molecule has 0 saturated heterocycles. The molecule has 0 saturated carbocycles. The van der Waals surface area contributed by atoms with Gasteiger partial charge in [0.15, 0.2) is 0 Å². The summed E-state index contributed by atoms with van der Waals surface area (Å²) in [6, 6.07) is 16.7. The minimum Gasteiger partial charge on any atom is -0.339 e. The zero-order valence-electron chi connectivity index (χ0n) is 14.1. The van der Waals surface area contributed by atoms with Gasteiger partial charge in [0.25, 0.3) is 0 Å². The second kappa shape index (κ2) is 8.21. The van der Waals surface area contributed by atoms with Crippen molar-refractivity contribution in [1.29, 1.82) is 0 Å². The van der Waals surface area contributed by atoms with Crippen molar-refractivity contribution in [2.24, 2.45) is 0 Å². The minimum atomic E-state index is -0.0836. The summed E-state index contributed by atoms with van der Waals surface area (Å²) in [6.45, 7) is 1.99. The van der Waals surface area contributed by atoms with E-state index in [-0.39, 0.29) is 5.91 Å². The maximum absolute atomic E-state index is 12.2. The number of pyridine rings is 1. The number of hydrogen-bond donors (Lipinski definition) is 2. The summed E-state index contributed by atoms with van der Waals surface area (Å²) in [5.74, 6) is 0.519. The number of nitrogens with one attached hydrogen (secondary N) is 2. The van der Waals surface area contributed by atoms with Crippen LogP contribution >= 0.6 is 23.2 Å². The Morgan fingerprint density at radius 2 is 1.85 bits per heavy atom. The van der Waals surface area contributed by atoms with Gasteiger partial charge >= 0.3 is 0 Å². The largest absolute Gasteiger partial charge is 0.339 e. The van der Waals surface area contributed by atoms with Gasteiger partial charge in [0.05, 0.1) is 34.0 Å². The molecule has 0 radical (unpaired) electrons. The normalized spacial score (nSPS) is 10.4. The second-order valence-corrected chi connectivity index (χ2v) is 6.60. The Balaban J connectivity index is 1.63. The molecule has 0 bridgehead atoms. The number of aryl methyl sites for hydroxylation is 1. The average molecular weight is 386 g/mol. The monoisotopic (exact) mass is 385 g/mol. The molecule has 3 aromatic rings. The maximum Gasteiger partial charge on any atom is 0.228 e. The topological polar surface area (TPSA) is 54.0 Å². The van der Waals surface area contributed by atoms with Crippen molar-refractivity contribution < 1.29 is 4.79 Å². The van der Waals surface area contributed by atoms with Gasteiger partial charge in [-0.05, 0) is 42.3 Å². The fourth-order valence-corrected chi connectivity index (χ4v) is 2.81. The highest BCUT2D eigenvalue weighted by molar-refractivity contribution is 6.43. The van der Waals surface area contributed by atoms with E-state index in [0.717, 1.165) is 11.1 Å². The minimum absolute atomic E-state index is 0.0836. The first-order valence-corrected chi connectivity index (χ1v) is 8.80. The zero-order chi connectivity index (χ0) is 18.5. The third-order valence-electron chi connectivity index (χ3n) is 3.87. The Morgan fingerprint density at radius 1 is 1.04 bits per heavy atom. The predicted octanol–water partition coefficient (Wildman–Crippen LogP) is 5.62. The molecule has 0 fully saturated rings. The van der Waals surface area contributed by atoms with E-state index in [1.165, 1.54) is 0 Å². The zero-order valence-corrected chi connectivity index (χ0v) is 15.6. The third-order valence-corrected chi connectivity index (χ3v) is 4.69. The van der Waals surface area contributed by atoms with E-state index in [4.69, 9.17) is 23.2 Å². The molecule has 26 heavy (non-hydrogen) atoms. The van der Waals surface area contributed by atoms with Crippen LogP contribution in [0.1, 0.15) is 11.1 Å². The summed E-state index contributed by atoms with van der Waals surface area (Å²) >= 11 is 12.2. The first kappa shape index (κ1) is 18.2. The van der Waals surface area contributed by atoms with Crippen molar-refractivity contribution in [1.82, 2.24) is 4.98 Å². The molecule has 1 amide bonds. The molecule has 0 aliphatic heterocycles. The lowest BCUT2D eigenvalue weighted by Gasteiger charge is -2.10. The van der Waals surface area contributed by atoms with Crippen LogP contribution in [0.5, 0.6) is 0 Å². The average Bonchev–Trinajstić information content (AvgIpc) is 2.62. The highest BCUT2D eigenvalue weighted by atomic mass is 35.5. The van der Waals surface area contributed by atoms with Crippen molar-refractivity contribution in [3.8, 4) is 0 Å². The highest BCUT2D eigenvalue weighted by Crippen LogP contribution is 2.31. The Labute approximate surface area is 162 Å². The van der Waals surface area contributed by atoms with Crippen LogP contribution in [0.4, 0.5) is 17.2 Å². The van der Waals surface area contributed by atoms with Gasteiger partial charge < -0.3 is 10.6 Å². The Kier molecular flexibility index (Phi) is 5.76. The van der Waals surface area contributed by atoms with Gasteiger partial charge in [0.2, 0.25) is 5.91 Å². The predicted molar refractivity (Wildman–Crippen MR) is 107 cm³/mol. The van der Waals surface area contributed by atoms with Crippen molar-refractivity contribution in [2.75, 3.05) is 10.6 Å². The van der Waals surface area contributed by atoms with Crippen LogP contribution in [0.2, 0.25) is 10.0 Å². The number of carbonyl (C=O) groups excluding carboxylic acids is 1. The number of rotatable bonds is 5. The molecule has 132 valence electrons.